The molecule has 0 rings (SSSR count). The maximum absolute atomic E-state index is 2.44. The first-order chi connectivity index (χ1) is 2.64. The van der Waals surface area contributed by atoms with Crippen LogP contribution in [-0.2, 0) is 0 Å². The fourth-order valence-electron chi connectivity index (χ4n) is 0. The molecule has 0 radical (unpaired) electrons. The quantitative estimate of drug-likeness (QED) is 0.512. The van der Waals surface area contributed by atoms with Gasteiger partial charge in [0.1, 0.15) is 0 Å². The van der Waals surface area contributed by atoms with Gasteiger partial charge in [0.2, 0.25) is 0 Å². The van der Waals surface area contributed by atoms with Crippen LogP contribution in [0.1, 0.15) is 13.8 Å². The molecule has 0 fully saturated rings. The molecule has 0 bridgehead atoms. The van der Waals surface area contributed by atoms with Crippen LogP contribution in [0.2, 0.25) is 13.8 Å². The van der Waals surface area contributed by atoms with Crippen molar-refractivity contribution in [3.63, 3.8) is 0 Å². The van der Waals surface area contributed by atoms with Crippen LogP contribution in [0.3, 0.4) is 0 Å². The van der Waals surface area contributed by atoms with Gasteiger partial charge >= 0.3 is 47.4 Å². The Balaban J connectivity index is 0. The largest absolute Gasteiger partial charge is 1.00 e. The molecule has 0 saturated heterocycles. The van der Waals surface area contributed by atoms with Crippen molar-refractivity contribution in [3.05, 3.63) is 0 Å². The molecule has 0 aromatic heterocycles. The molecule has 7 heavy (non-hydrogen) atoms. The van der Waals surface area contributed by atoms with Gasteiger partial charge < -0.3 is 12.4 Å². The zero-order valence-electron chi connectivity index (χ0n) is 5.46. The minimum absolute atomic E-state index is 0. The summed E-state index contributed by atoms with van der Waals surface area (Å²) in [6, 6.07) is 0. The van der Waals surface area contributed by atoms with Crippen LogP contribution >= 0.6 is 0 Å². The van der Waals surface area contributed by atoms with E-state index in [0.717, 1.165) is 3.93 Å². The normalized spacial score (nSPS) is 8.14. The van der Waals surface area contributed by atoms with Crippen LogP contribution in [0, 0.1) is 0 Å². The van der Waals surface area contributed by atoms with Crippen LogP contribution in [-0.4, -0.2) is 19.8 Å². The molecular formula is C5H13ClSn. The van der Waals surface area contributed by atoms with Gasteiger partial charge in [-0.25, -0.2) is 0 Å². The molecule has 0 atom stereocenters. The van der Waals surface area contributed by atoms with Gasteiger partial charge in [0, 0.05) is 0 Å². The predicted octanol–water partition coefficient (Wildman–Crippen LogP) is -0.845. The van der Waals surface area contributed by atoms with E-state index in [0.29, 0.717) is 0 Å². The van der Waals surface area contributed by atoms with E-state index in [4.69, 9.17) is 0 Å². The van der Waals surface area contributed by atoms with Crippen LogP contribution < -0.4 is 12.4 Å². The van der Waals surface area contributed by atoms with Crippen molar-refractivity contribution in [2.24, 2.45) is 0 Å². The Hall–Kier alpha value is 1.09. The fraction of sp³-hybridized carbons (Fsp3) is 1.00. The third-order valence-corrected chi connectivity index (χ3v) is 7.75. The average molecular weight is 227 g/mol. The summed E-state index contributed by atoms with van der Waals surface area (Å²) in [5.74, 6) is 0. The molecule has 0 N–H and O–H groups in total. The van der Waals surface area contributed by atoms with Gasteiger partial charge in [-0.2, -0.15) is 0 Å². The Labute approximate surface area is 59.8 Å². The Morgan fingerprint density at radius 2 is 1.29 bits per heavy atom. The summed E-state index contributed by atoms with van der Waals surface area (Å²) in [6.45, 7) is 4.66. The fourth-order valence-corrected chi connectivity index (χ4v) is 0. The Morgan fingerprint density at radius 3 is 1.29 bits per heavy atom. The first kappa shape index (κ1) is 11.0. The topological polar surface area (TPSA) is 0 Å². The summed E-state index contributed by atoms with van der Waals surface area (Å²) < 4.78 is 1.05. The summed E-state index contributed by atoms with van der Waals surface area (Å²) in [6.07, 6.45) is 0. The Kier molecular flexibility index (Phi) is 8.19. The summed E-state index contributed by atoms with van der Waals surface area (Å²) in [5, 5.41) is 0. The molecule has 2 heteroatoms. The number of halogens is 1. The van der Waals surface area contributed by atoms with Gasteiger partial charge in [-0.15, -0.1) is 0 Å². The zero-order valence-corrected chi connectivity index (χ0v) is 9.07. The van der Waals surface area contributed by atoms with Crippen molar-refractivity contribution >= 4 is 19.8 Å². The smallest absolute Gasteiger partial charge is 1.00 e. The number of rotatable bonds is 1. The van der Waals surface area contributed by atoms with Crippen molar-refractivity contribution < 1.29 is 12.4 Å². The molecule has 44 valence electrons. The van der Waals surface area contributed by atoms with Crippen molar-refractivity contribution in [1.82, 2.24) is 0 Å². The van der Waals surface area contributed by atoms with E-state index < -0.39 is 19.8 Å². The standard InChI is InChI=1S/C3H7.2CH3.ClH.Sn/c1-3-2;;;;/h3H,1-2H3;2*1H3;1H;/q;;;;+1/p-1. The number of hydrogen-bond acceptors (Lipinski definition) is 0. The SMILES string of the molecule is C[CH](C)[Sn+]([CH3])[CH3].[Cl-]. The third kappa shape index (κ3) is 7.09. The zero-order chi connectivity index (χ0) is 5.15. The molecule has 0 heterocycles. The van der Waals surface area contributed by atoms with Crippen molar-refractivity contribution in [3.8, 4) is 0 Å². The molecule has 0 aromatic rings. The third-order valence-electron chi connectivity index (χ3n) is 1.15. The number of hydrogen-bond donors (Lipinski definition) is 0. The van der Waals surface area contributed by atoms with E-state index in [1.807, 2.05) is 0 Å². The van der Waals surface area contributed by atoms with Gasteiger partial charge in [0.25, 0.3) is 0 Å². The molecule has 0 saturated carbocycles. The van der Waals surface area contributed by atoms with Gasteiger partial charge in [0.05, 0.1) is 0 Å². The molecule has 0 amide bonds. The molecule has 0 aliphatic carbocycles. The molecule has 0 nitrogen and oxygen atoms in total. The molecule has 0 unspecified atom stereocenters. The van der Waals surface area contributed by atoms with Crippen LogP contribution in [0.4, 0.5) is 0 Å². The van der Waals surface area contributed by atoms with Crippen LogP contribution in [0.5, 0.6) is 0 Å². The monoisotopic (exact) mass is 228 g/mol. The minimum Gasteiger partial charge on any atom is -1.00 e. The summed E-state index contributed by atoms with van der Waals surface area (Å²) in [4.78, 5) is 4.87. The second-order valence-corrected chi connectivity index (χ2v) is 11.7. The van der Waals surface area contributed by atoms with E-state index >= 15 is 0 Å². The summed E-state index contributed by atoms with van der Waals surface area (Å²) >= 11 is -0.700. The van der Waals surface area contributed by atoms with Gasteiger partial charge in [0.15, 0.2) is 0 Å². The average Bonchev–Trinajstić information content (AvgIpc) is 1.36. The van der Waals surface area contributed by atoms with Gasteiger partial charge in [-0.1, -0.05) is 0 Å². The second kappa shape index (κ2) is 5.23. The molecule has 0 aliphatic heterocycles. The van der Waals surface area contributed by atoms with Crippen molar-refractivity contribution in [2.75, 3.05) is 0 Å². The molecule has 0 aliphatic rings. The van der Waals surface area contributed by atoms with E-state index in [1.54, 1.807) is 0 Å². The maximum atomic E-state index is 2.44. The van der Waals surface area contributed by atoms with E-state index in [9.17, 15) is 0 Å². The Bertz CT molecular complexity index is 29.1. The maximum Gasteiger partial charge on any atom is -1.00 e. The van der Waals surface area contributed by atoms with Crippen LogP contribution in [0.25, 0.3) is 0 Å². The summed E-state index contributed by atoms with van der Waals surface area (Å²) in [7, 11) is 0. The van der Waals surface area contributed by atoms with E-state index in [2.05, 4.69) is 23.7 Å². The first-order valence-corrected chi connectivity index (χ1v) is 9.80. The van der Waals surface area contributed by atoms with Gasteiger partial charge in [-0.3, -0.25) is 0 Å². The van der Waals surface area contributed by atoms with Crippen LogP contribution in [0.15, 0.2) is 0 Å². The summed E-state index contributed by atoms with van der Waals surface area (Å²) in [5.41, 5.74) is 0. The molecule has 0 aromatic carbocycles. The minimum atomic E-state index is -0.700. The van der Waals surface area contributed by atoms with Gasteiger partial charge in [-0.05, 0) is 0 Å². The van der Waals surface area contributed by atoms with E-state index in [1.165, 1.54) is 0 Å². The first-order valence-electron chi connectivity index (χ1n) is 2.44. The van der Waals surface area contributed by atoms with Crippen molar-refractivity contribution in [2.45, 2.75) is 27.7 Å². The second-order valence-electron chi connectivity index (χ2n) is 2.23. The molecular weight excluding hydrogens is 214 g/mol. The van der Waals surface area contributed by atoms with E-state index in [-0.39, 0.29) is 12.4 Å². The Morgan fingerprint density at radius 1 is 1.14 bits per heavy atom. The van der Waals surface area contributed by atoms with Crippen molar-refractivity contribution in [1.29, 1.82) is 0 Å². The predicted molar refractivity (Wildman–Crippen MR) is 32.6 cm³/mol. The molecule has 0 spiro atoms.